The van der Waals surface area contributed by atoms with Gasteiger partial charge in [-0.2, -0.15) is 8.78 Å². The number of carbonyl (C=O) groups excluding carboxylic acids is 2. The molecule has 0 bridgehead atoms. The summed E-state index contributed by atoms with van der Waals surface area (Å²) in [6.45, 7) is 2.09. The third kappa shape index (κ3) is 6.87. The summed E-state index contributed by atoms with van der Waals surface area (Å²) < 4.78 is 28.8. The Labute approximate surface area is 127 Å². The standard InChI is InChI=1S/C14H19F2N3O3/c1-14(2,3)19-13(21)18-11(20)8-17-9-6-4-5-7-10(9)22-12(15)16/h4-7,12,17H,8H2,1-3H3,(H2,18,19,20,21). The van der Waals surface area contributed by atoms with Crippen LogP contribution in [0.5, 0.6) is 5.75 Å². The highest BCUT2D eigenvalue weighted by Crippen LogP contribution is 2.25. The fourth-order valence-electron chi connectivity index (χ4n) is 1.53. The Balaban J connectivity index is 2.52. The van der Waals surface area contributed by atoms with Crippen LogP contribution in [0.15, 0.2) is 24.3 Å². The van der Waals surface area contributed by atoms with Gasteiger partial charge >= 0.3 is 12.6 Å². The first kappa shape index (κ1) is 17.7. The minimum Gasteiger partial charge on any atom is -0.433 e. The van der Waals surface area contributed by atoms with Crippen molar-refractivity contribution in [2.75, 3.05) is 11.9 Å². The molecule has 0 aliphatic heterocycles. The molecular weight excluding hydrogens is 296 g/mol. The molecule has 0 saturated carbocycles. The van der Waals surface area contributed by atoms with E-state index in [-0.39, 0.29) is 18.0 Å². The maximum atomic E-state index is 12.2. The van der Waals surface area contributed by atoms with E-state index in [9.17, 15) is 18.4 Å². The normalized spacial score (nSPS) is 11.0. The van der Waals surface area contributed by atoms with Crippen molar-refractivity contribution in [2.45, 2.75) is 32.9 Å². The van der Waals surface area contributed by atoms with Crippen LogP contribution in [0.1, 0.15) is 20.8 Å². The second-order valence-corrected chi connectivity index (χ2v) is 5.48. The van der Waals surface area contributed by atoms with Gasteiger partial charge in [0.1, 0.15) is 5.75 Å². The second kappa shape index (κ2) is 7.58. The SMILES string of the molecule is CC(C)(C)NC(=O)NC(=O)CNc1ccccc1OC(F)F. The number of alkyl halides is 2. The molecule has 122 valence electrons. The van der Waals surface area contributed by atoms with E-state index in [2.05, 4.69) is 20.7 Å². The van der Waals surface area contributed by atoms with Gasteiger partial charge in [-0.25, -0.2) is 4.79 Å². The number of para-hydroxylation sites is 2. The van der Waals surface area contributed by atoms with Crippen LogP contribution in [0.3, 0.4) is 0 Å². The number of carbonyl (C=O) groups is 2. The first-order valence-electron chi connectivity index (χ1n) is 6.57. The molecule has 0 atom stereocenters. The first-order valence-corrected chi connectivity index (χ1v) is 6.57. The molecule has 0 radical (unpaired) electrons. The fourth-order valence-corrected chi connectivity index (χ4v) is 1.53. The summed E-state index contributed by atoms with van der Waals surface area (Å²) in [4.78, 5) is 23.1. The summed E-state index contributed by atoms with van der Waals surface area (Å²) in [5.41, 5.74) is -0.246. The number of halogens is 2. The maximum Gasteiger partial charge on any atom is 0.387 e. The minimum atomic E-state index is -2.96. The van der Waals surface area contributed by atoms with Crippen LogP contribution in [-0.4, -0.2) is 30.6 Å². The van der Waals surface area contributed by atoms with Crippen LogP contribution in [0.2, 0.25) is 0 Å². The molecule has 0 heterocycles. The first-order chi connectivity index (χ1) is 10.2. The van der Waals surface area contributed by atoms with Gasteiger partial charge in [0.25, 0.3) is 0 Å². The van der Waals surface area contributed by atoms with E-state index in [0.717, 1.165) is 0 Å². The molecule has 0 spiro atoms. The molecular formula is C14H19F2N3O3. The lowest BCUT2D eigenvalue weighted by atomic mass is 10.1. The molecule has 3 amide bonds. The van der Waals surface area contributed by atoms with Gasteiger partial charge in [-0.1, -0.05) is 12.1 Å². The molecule has 1 aromatic rings. The zero-order chi connectivity index (χ0) is 16.8. The monoisotopic (exact) mass is 315 g/mol. The highest BCUT2D eigenvalue weighted by atomic mass is 19.3. The van der Waals surface area contributed by atoms with Crippen LogP contribution in [0.4, 0.5) is 19.3 Å². The zero-order valence-corrected chi connectivity index (χ0v) is 12.6. The number of ether oxygens (including phenoxy) is 1. The Bertz CT molecular complexity index is 530. The molecule has 0 aromatic heterocycles. The Morgan fingerprint density at radius 3 is 2.45 bits per heavy atom. The van der Waals surface area contributed by atoms with E-state index in [0.29, 0.717) is 0 Å². The van der Waals surface area contributed by atoms with Gasteiger partial charge in [0.2, 0.25) is 5.91 Å². The van der Waals surface area contributed by atoms with Gasteiger partial charge in [0.05, 0.1) is 12.2 Å². The zero-order valence-electron chi connectivity index (χ0n) is 12.6. The number of anilines is 1. The Hall–Kier alpha value is -2.38. The van der Waals surface area contributed by atoms with E-state index >= 15 is 0 Å². The average Bonchev–Trinajstić information content (AvgIpc) is 2.34. The van der Waals surface area contributed by atoms with Crippen molar-refractivity contribution < 1.29 is 23.1 Å². The number of hydrogen-bond acceptors (Lipinski definition) is 4. The summed E-state index contributed by atoms with van der Waals surface area (Å²) in [6, 6.07) is 5.33. The summed E-state index contributed by atoms with van der Waals surface area (Å²) >= 11 is 0. The molecule has 0 saturated heterocycles. The molecule has 22 heavy (non-hydrogen) atoms. The molecule has 8 heteroatoms. The summed E-state index contributed by atoms with van der Waals surface area (Å²) in [6.07, 6.45) is 0. The van der Waals surface area contributed by atoms with Crippen molar-refractivity contribution in [3.63, 3.8) is 0 Å². The molecule has 0 unspecified atom stereocenters. The van der Waals surface area contributed by atoms with E-state index < -0.39 is 24.1 Å². The van der Waals surface area contributed by atoms with Crippen LogP contribution < -0.4 is 20.7 Å². The number of hydrogen-bond donors (Lipinski definition) is 3. The predicted molar refractivity (Wildman–Crippen MR) is 78.0 cm³/mol. The number of urea groups is 1. The lowest BCUT2D eigenvalue weighted by molar-refractivity contribution is -0.118. The summed E-state index contributed by atoms with van der Waals surface area (Å²) in [5.74, 6) is -0.682. The fraction of sp³-hybridized carbons (Fsp3) is 0.429. The Kier molecular flexibility index (Phi) is 6.09. The molecule has 1 aromatic carbocycles. The van der Waals surface area contributed by atoms with E-state index in [4.69, 9.17) is 0 Å². The topological polar surface area (TPSA) is 79.5 Å². The molecule has 1 rings (SSSR count). The summed E-state index contributed by atoms with van der Waals surface area (Å²) in [5, 5.41) is 7.33. The van der Waals surface area contributed by atoms with Crippen molar-refractivity contribution >= 4 is 17.6 Å². The van der Waals surface area contributed by atoms with Crippen LogP contribution in [0.25, 0.3) is 0 Å². The summed E-state index contributed by atoms with van der Waals surface area (Å²) in [7, 11) is 0. The van der Waals surface area contributed by atoms with Crippen molar-refractivity contribution in [2.24, 2.45) is 0 Å². The lowest BCUT2D eigenvalue weighted by Gasteiger charge is -2.20. The largest absolute Gasteiger partial charge is 0.433 e. The third-order valence-corrected chi connectivity index (χ3v) is 2.28. The Morgan fingerprint density at radius 1 is 1.23 bits per heavy atom. The maximum absolute atomic E-state index is 12.2. The Morgan fingerprint density at radius 2 is 1.86 bits per heavy atom. The number of nitrogens with one attached hydrogen (secondary N) is 3. The van der Waals surface area contributed by atoms with Gasteiger partial charge in [-0.05, 0) is 32.9 Å². The quantitative estimate of drug-likeness (QED) is 0.779. The van der Waals surface area contributed by atoms with Gasteiger partial charge in [-0.3, -0.25) is 10.1 Å². The van der Waals surface area contributed by atoms with E-state index in [1.165, 1.54) is 18.2 Å². The smallest absolute Gasteiger partial charge is 0.387 e. The number of benzene rings is 1. The van der Waals surface area contributed by atoms with Gasteiger partial charge in [0.15, 0.2) is 0 Å². The third-order valence-electron chi connectivity index (χ3n) is 2.28. The van der Waals surface area contributed by atoms with Gasteiger partial charge in [0, 0.05) is 5.54 Å². The second-order valence-electron chi connectivity index (χ2n) is 5.48. The average molecular weight is 315 g/mol. The van der Waals surface area contributed by atoms with E-state index in [1.54, 1.807) is 26.8 Å². The van der Waals surface area contributed by atoms with Crippen molar-refractivity contribution in [1.82, 2.24) is 10.6 Å². The van der Waals surface area contributed by atoms with Crippen molar-refractivity contribution in [3.8, 4) is 5.75 Å². The van der Waals surface area contributed by atoms with Crippen LogP contribution in [0, 0.1) is 0 Å². The molecule has 3 N–H and O–H groups in total. The highest BCUT2D eigenvalue weighted by molar-refractivity contribution is 5.96. The molecule has 6 nitrogen and oxygen atoms in total. The molecule has 0 aliphatic rings. The molecule has 0 fully saturated rings. The molecule has 0 aliphatic carbocycles. The van der Waals surface area contributed by atoms with Crippen molar-refractivity contribution in [3.05, 3.63) is 24.3 Å². The van der Waals surface area contributed by atoms with Crippen LogP contribution in [-0.2, 0) is 4.79 Å². The van der Waals surface area contributed by atoms with Gasteiger partial charge in [-0.15, -0.1) is 0 Å². The lowest BCUT2D eigenvalue weighted by Crippen LogP contribution is -2.49. The number of rotatable bonds is 5. The van der Waals surface area contributed by atoms with Crippen molar-refractivity contribution in [1.29, 1.82) is 0 Å². The number of imide groups is 1. The minimum absolute atomic E-state index is 0.0792. The van der Waals surface area contributed by atoms with E-state index in [1.807, 2.05) is 0 Å². The number of amides is 3. The van der Waals surface area contributed by atoms with Crippen LogP contribution >= 0.6 is 0 Å². The predicted octanol–water partition coefficient (Wildman–Crippen LogP) is 2.32. The van der Waals surface area contributed by atoms with Gasteiger partial charge < -0.3 is 15.4 Å². The highest BCUT2D eigenvalue weighted by Gasteiger charge is 2.16.